The molecule has 0 saturated carbocycles. The summed E-state index contributed by atoms with van der Waals surface area (Å²) in [4.78, 5) is 4.67. The average Bonchev–Trinajstić information content (AvgIpc) is 1.55. The second kappa shape index (κ2) is 21.3. The molecule has 0 fully saturated rings. The van der Waals surface area contributed by atoms with Crippen LogP contribution in [0.4, 0.5) is 34.1 Å². The Bertz CT molecular complexity index is 6010. The smallest absolute Gasteiger partial charge is 0.137 e. The molecule has 0 radical (unpaired) electrons. The second-order valence-electron chi connectivity index (χ2n) is 25.2. The highest BCUT2D eigenvalue weighted by Crippen LogP contribution is 2.49. The Morgan fingerprint density at radius 1 is 0.156 bits per heavy atom. The lowest BCUT2D eigenvalue weighted by Crippen LogP contribution is -2.10. The van der Waals surface area contributed by atoms with Crippen molar-refractivity contribution in [3.63, 3.8) is 0 Å². The van der Waals surface area contributed by atoms with Crippen LogP contribution < -0.4 is 9.80 Å². The molecule has 0 N–H and O–H groups in total. The number of benzene rings is 16. The summed E-state index contributed by atoms with van der Waals surface area (Å²) in [6, 6.07) is 117. The predicted molar refractivity (Wildman–Crippen MR) is 399 cm³/mol. The van der Waals surface area contributed by atoms with E-state index in [0.29, 0.717) is 0 Å². The molecule has 0 bridgehead atoms. The van der Waals surface area contributed by atoms with Crippen LogP contribution in [0.25, 0.3) is 165 Å². The number of hydrogen-bond donors (Lipinski definition) is 0. The number of nitrogens with zero attached hydrogens (tertiary/aromatic N) is 2. The monoisotopic (exact) mass is 1230 g/mol. The zero-order valence-corrected chi connectivity index (χ0v) is 51.7. The summed E-state index contributed by atoms with van der Waals surface area (Å²) < 4.78 is 27.6. The van der Waals surface area contributed by atoms with Crippen molar-refractivity contribution in [2.45, 2.75) is 0 Å². The first kappa shape index (κ1) is 53.7. The third-order valence-corrected chi connectivity index (χ3v) is 19.5. The van der Waals surface area contributed by atoms with Gasteiger partial charge in [0.2, 0.25) is 0 Å². The standard InChI is InChI=1S/C90H54N2O4/c1-5-17-55(18-6-1)63-41-64(56-19-7-2-8-20-56)44-71(43-63)91(67-29-33-73-79-47-59-25-13-15-27-61(59)49-83(79)95-85(73)51-67)69-31-35-77-87(53-69)93-81-39-37-76-75(89(77)81)38-40-82-90(76)78-36-32-70(54-88(78)94-82)92(68-30-34-74-80-48-60-26-14-16-28-62(60)50-84(80)96-86(74)52-68)72-45-65(57-21-9-3-10-22-57)42-66(46-72)58-23-11-4-12-24-58/h1-54H. The van der Waals surface area contributed by atoms with Crippen LogP contribution in [0.5, 0.6) is 0 Å². The van der Waals surface area contributed by atoms with Gasteiger partial charge in [0, 0.05) is 101 Å². The van der Waals surface area contributed by atoms with Crippen molar-refractivity contribution in [3.8, 4) is 44.5 Å². The first-order valence-electron chi connectivity index (χ1n) is 32.6. The van der Waals surface area contributed by atoms with Crippen molar-refractivity contribution in [3.05, 3.63) is 328 Å². The van der Waals surface area contributed by atoms with E-state index in [4.69, 9.17) is 17.7 Å². The van der Waals surface area contributed by atoms with Crippen LogP contribution in [-0.4, -0.2) is 0 Å². The predicted octanol–water partition coefficient (Wildman–Crippen LogP) is 26.4. The summed E-state index contributed by atoms with van der Waals surface area (Å²) >= 11 is 0. The molecule has 96 heavy (non-hydrogen) atoms. The minimum Gasteiger partial charge on any atom is -0.456 e. The van der Waals surface area contributed by atoms with E-state index in [2.05, 4.69) is 337 Å². The minimum absolute atomic E-state index is 0.780. The topological polar surface area (TPSA) is 59.0 Å². The molecule has 6 heteroatoms. The third-order valence-electron chi connectivity index (χ3n) is 19.5. The molecule has 20 aromatic rings. The van der Waals surface area contributed by atoms with Crippen LogP contribution in [0, 0.1) is 0 Å². The third kappa shape index (κ3) is 8.80. The summed E-state index contributed by atoms with van der Waals surface area (Å²) in [5.41, 5.74) is 21.3. The molecule has 0 aliphatic rings. The summed E-state index contributed by atoms with van der Waals surface area (Å²) in [7, 11) is 0. The Morgan fingerprint density at radius 3 is 0.771 bits per heavy atom. The van der Waals surface area contributed by atoms with Gasteiger partial charge in [0.1, 0.15) is 44.7 Å². The SMILES string of the molecule is c1ccc(-c2cc(-c3ccccc3)cc(N(c3ccc4c(c3)oc3cc5ccccc5cc34)c3ccc4c(c3)oc3ccc5c(ccc6oc7cc(N(c8cc(-c9ccccc9)cc(-c9ccccc9)c8)c8ccc9c(c8)oc8cc%10ccccc%10cc89)ccc7c65)c34)c2)cc1. The van der Waals surface area contributed by atoms with Gasteiger partial charge in [-0.05, 0) is 210 Å². The average molecular weight is 1230 g/mol. The van der Waals surface area contributed by atoms with Gasteiger partial charge in [0.05, 0.1) is 0 Å². The van der Waals surface area contributed by atoms with Gasteiger partial charge in [-0.15, -0.1) is 0 Å². The molecule has 0 unspecified atom stereocenters. The molecule has 0 atom stereocenters. The highest BCUT2D eigenvalue weighted by molar-refractivity contribution is 6.28. The number of hydrogen-bond acceptors (Lipinski definition) is 6. The molecule has 0 spiro atoms. The van der Waals surface area contributed by atoms with E-state index in [1.807, 2.05) is 0 Å². The Hall–Kier alpha value is -12.9. The normalized spacial score (nSPS) is 12.0. The first-order valence-corrected chi connectivity index (χ1v) is 32.6. The Kier molecular flexibility index (Phi) is 11.9. The largest absolute Gasteiger partial charge is 0.456 e. The van der Waals surface area contributed by atoms with E-state index in [9.17, 15) is 0 Å². The number of furan rings is 4. The minimum atomic E-state index is 0.780. The fourth-order valence-electron chi connectivity index (χ4n) is 15.0. The molecule has 448 valence electrons. The molecule has 4 aromatic heterocycles. The Labute approximate surface area is 550 Å². The summed E-state index contributed by atoms with van der Waals surface area (Å²) in [6.07, 6.45) is 0. The van der Waals surface area contributed by atoms with E-state index in [1.54, 1.807) is 0 Å². The zero-order valence-electron chi connectivity index (χ0n) is 51.7. The van der Waals surface area contributed by atoms with Gasteiger partial charge < -0.3 is 27.5 Å². The van der Waals surface area contributed by atoms with Gasteiger partial charge in [0.15, 0.2) is 0 Å². The lowest BCUT2D eigenvalue weighted by molar-refractivity contribution is 0.668. The van der Waals surface area contributed by atoms with Gasteiger partial charge in [-0.1, -0.05) is 170 Å². The maximum absolute atomic E-state index is 7.02. The number of fused-ring (bicyclic) bond motifs is 17. The van der Waals surface area contributed by atoms with E-state index in [1.165, 1.54) is 10.8 Å². The van der Waals surface area contributed by atoms with Crippen LogP contribution in [0.2, 0.25) is 0 Å². The van der Waals surface area contributed by atoms with Crippen molar-refractivity contribution in [2.75, 3.05) is 9.80 Å². The van der Waals surface area contributed by atoms with E-state index >= 15 is 0 Å². The van der Waals surface area contributed by atoms with Gasteiger partial charge in [-0.25, -0.2) is 0 Å². The highest BCUT2D eigenvalue weighted by Gasteiger charge is 2.24. The second-order valence-corrected chi connectivity index (χ2v) is 25.2. The van der Waals surface area contributed by atoms with Gasteiger partial charge in [-0.2, -0.15) is 0 Å². The van der Waals surface area contributed by atoms with E-state index in [-0.39, 0.29) is 0 Å². The molecule has 4 heterocycles. The molecular formula is C90H54N2O4. The van der Waals surface area contributed by atoms with Crippen molar-refractivity contribution in [1.82, 2.24) is 0 Å². The maximum atomic E-state index is 7.02. The first-order chi connectivity index (χ1) is 47.5. The van der Waals surface area contributed by atoms with Gasteiger partial charge >= 0.3 is 0 Å². The van der Waals surface area contributed by atoms with Crippen LogP contribution in [0.3, 0.4) is 0 Å². The van der Waals surface area contributed by atoms with Crippen LogP contribution in [0.1, 0.15) is 0 Å². The molecule has 0 aliphatic heterocycles. The Morgan fingerprint density at radius 2 is 0.427 bits per heavy atom. The van der Waals surface area contributed by atoms with Gasteiger partial charge in [0.25, 0.3) is 0 Å². The van der Waals surface area contributed by atoms with Crippen molar-refractivity contribution in [2.24, 2.45) is 0 Å². The molecule has 0 saturated heterocycles. The lowest BCUT2D eigenvalue weighted by Gasteiger charge is -2.27. The summed E-state index contributed by atoms with van der Waals surface area (Å²) in [5.74, 6) is 0. The molecule has 6 nitrogen and oxygen atoms in total. The molecule has 16 aromatic carbocycles. The van der Waals surface area contributed by atoms with Crippen LogP contribution in [-0.2, 0) is 0 Å². The summed E-state index contributed by atoms with van der Waals surface area (Å²) in [5, 5.41) is 15.3. The zero-order chi connectivity index (χ0) is 63.0. The highest BCUT2D eigenvalue weighted by atomic mass is 16.3. The molecular weight excluding hydrogens is 1170 g/mol. The fourth-order valence-corrected chi connectivity index (χ4v) is 15.0. The molecule has 20 rings (SSSR count). The molecule has 0 aliphatic carbocycles. The lowest BCUT2D eigenvalue weighted by atomic mass is 9.97. The quantitative estimate of drug-likeness (QED) is 0.136. The van der Waals surface area contributed by atoms with Gasteiger partial charge in [-0.3, -0.25) is 0 Å². The van der Waals surface area contributed by atoms with E-state index < -0.39 is 0 Å². The number of anilines is 6. The Balaban J connectivity index is 0.740. The summed E-state index contributed by atoms with van der Waals surface area (Å²) in [6.45, 7) is 0. The maximum Gasteiger partial charge on any atom is 0.137 e. The van der Waals surface area contributed by atoms with Crippen LogP contribution >= 0.6 is 0 Å². The van der Waals surface area contributed by atoms with Crippen molar-refractivity contribution in [1.29, 1.82) is 0 Å². The van der Waals surface area contributed by atoms with Crippen LogP contribution in [0.15, 0.2) is 345 Å². The van der Waals surface area contributed by atoms with E-state index in [0.717, 1.165) is 188 Å². The molecule has 0 amide bonds. The fraction of sp³-hybridized carbons (Fsp3) is 0. The number of rotatable bonds is 10. The van der Waals surface area contributed by atoms with Crippen molar-refractivity contribution < 1.29 is 17.7 Å². The van der Waals surface area contributed by atoms with Crippen molar-refractivity contribution >= 4 is 154 Å².